The van der Waals surface area contributed by atoms with Crippen molar-refractivity contribution >= 4 is 23.5 Å². The van der Waals surface area contributed by atoms with Crippen molar-refractivity contribution in [2.45, 2.75) is 26.1 Å². The normalized spacial score (nSPS) is 14.7. The summed E-state index contributed by atoms with van der Waals surface area (Å²) < 4.78 is 7.72. The topological polar surface area (TPSA) is 137 Å². The molecule has 0 radical (unpaired) electrons. The number of aliphatic hydroxyl groups excluding tert-OH is 1. The number of anilines is 2. The number of nitrogens with two attached hydrogens (primary N) is 1. The number of amides is 1. The Morgan fingerprint density at radius 2 is 1.65 bits per heavy atom. The maximum absolute atomic E-state index is 11.4. The van der Waals surface area contributed by atoms with E-state index >= 15 is 0 Å². The van der Waals surface area contributed by atoms with Gasteiger partial charge in [-0.2, -0.15) is 0 Å². The van der Waals surface area contributed by atoms with Crippen LogP contribution in [0.5, 0.6) is 0 Å². The van der Waals surface area contributed by atoms with Crippen molar-refractivity contribution in [1.29, 1.82) is 0 Å². The first-order valence-electron chi connectivity index (χ1n) is 10.5. The molecule has 0 spiro atoms. The molecule has 176 valence electrons. The molecule has 5 rings (SSSR count). The number of fused-ring (bicyclic) bond motifs is 1. The number of nitrogens with zero attached hydrogens (tertiary/aromatic N) is 4. The zero-order chi connectivity index (χ0) is 24.5. The minimum Gasteiger partial charge on any atom is -0.441 e. The van der Waals surface area contributed by atoms with Crippen molar-refractivity contribution in [2.24, 2.45) is 0 Å². The molecule has 2 aromatic heterocycles. The van der Waals surface area contributed by atoms with Crippen molar-refractivity contribution in [3.8, 4) is 0 Å². The van der Waals surface area contributed by atoms with Gasteiger partial charge in [0.25, 0.3) is 0 Å². The van der Waals surface area contributed by atoms with Gasteiger partial charge >= 0.3 is 12.1 Å². The Kier molecular flexibility index (Phi) is 8.14. The van der Waals surface area contributed by atoms with Crippen LogP contribution in [0.4, 0.5) is 21.0 Å². The van der Waals surface area contributed by atoms with E-state index in [1.165, 1.54) is 21.8 Å². The lowest BCUT2D eigenvalue weighted by Gasteiger charge is -2.22. The highest BCUT2D eigenvalue weighted by Gasteiger charge is 2.21. The van der Waals surface area contributed by atoms with Gasteiger partial charge in [-0.1, -0.05) is 36.4 Å². The summed E-state index contributed by atoms with van der Waals surface area (Å²) in [4.78, 5) is 29.8. The number of hydrogen-bond donors (Lipinski definition) is 3. The lowest BCUT2D eigenvalue weighted by Crippen LogP contribution is -2.22. The number of rotatable bonds is 1. The number of benzene rings is 2. The molecule has 10 heteroatoms. The first-order chi connectivity index (χ1) is 16.4. The van der Waals surface area contributed by atoms with Gasteiger partial charge in [0, 0.05) is 41.6 Å². The van der Waals surface area contributed by atoms with Crippen LogP contribution >= 0.6 is 0 Å². The molecule has 1 aliphatic heterocycles. The molecule has 2 aromatic carbocycles. The second kappa shape index (κ2) is 11.4. The van der Waals surface area contributed by atoms with Gasteiger partial charge in [0.1, 0.15) is 18.8 Å². The van der Waals surface area contributed by atoms with Gasteiger partial charge in [-0.3, -0.25) is 14.5 Å². The molecule has 0 aliphatic carbocycles. The van der Waals surface area contributed by atoms with Gasteiger partial charge in [0.05, 0.1) is 11.8 Å². The third kappa shape index (κ3) is 6.30. The van der Waals surface area contributed by atoms with E-state index in [1.807, 2.05) is 49.4 Å². The Bertz CT molecular complexity index is 1170. The highest BCUT2D eigenvalue weighted by atomic mass is 16.6. The fourth-order valence-corrected chi connectivity index (χ4v) is 3.10. The molecule has 1 aliphatic rings. The van der Waals surface area contributed by atoms with E-state index in [-0.39, 0.29) is 18.2 Å². The second-order valence-corrected chi connectivity index (χ2v) is 7.29. The molecule has 1 amide bonds. The first-order valence-corrected chi connectivity index (χ1v) is 10.5. The van der Waals surface area contributed by atoms with Crippen LogP contribution in [0.2, 0.25) is 0 Å². The summed E-state index contributed by atoms with van der Waals surface area (Å²) in [6, 6.07) is 14.7. The molecule has 0 saturated heterocycles. The van der Waals surface area contributed by atoms with Crippen LogP contribution in [0, 0.1) is 0 Å². The predicted octanol–water partition coefficient (Wildman–Crippen LogP) is 4.23. The largest absolute Gasteiger partial charge is 0.441 e. The fraction of sp³-hybridized carbons (Fsp3) is 0.167. The zero-order valence-corrected chi connectivity index (χ0v) is 18.8. The number of para-hydroxylation sites is 2. The van der Waals surface area contributed by atoms with E-state index in [2.05, 4.69) is 15.3 Å². The molecule has 10 nitrogen and oxygen atoms in total. The fourth-order valence-electron chi connectivity index (χ4n) is 3.10. The van der Waals surface area contributed by atoms with Gasteiger partial charge in [-0.15, -0.1) is 0 Å². The molecule has 2 unspecified atom stereocenters. The number of cyclic esters (lactones) is 1. The maximum atomic E-state index is 11.4. The first kappa shape index (κ1) is 24.2. The number of ether oxygens (including phenoxy) is 1. The standard InChI is InChI=1S/C9H9NO2.C8H11NO.C7H6N4O/c1-6-7-4-2-3-5-8(7)10-9(11)12-6;1-6(10)7-4-2-3-5-8(7)9;12-7(10-3-1-8-5-10)11-4-2-9-6-11/h2-6H,1H3,(H,10,11);2-6,10H,9H2,1H3;1-6H. The number of hydrogen-bond acceptors (Lipinski definition) is 7. The third-order valence-corrected chi connectivity index (χ3v) is 4.82. The average Bonchev–Trinajstić information content (AvgIpc) is 3.54. The van der Waals surface area contributed by atoms with Crippen LogP contribution in [-0.4, -0.2) is 36.3 Å². The summed E-state index contributed by atoms with van der Waals surface area (Å²) in [5.41, 5.74) is 8.88. The van der Waals surface area contributed by atoms with Gasteiger partial charge in [-0.05, 0) is 26.0 Å². The molecule has 4 aromatic rings. The Labute approximate surface area is 196 Å². The molecular formula is C24H26N6O4. The molecular weight excluding hydrogens is 436 g/mol. The van der Waals surface area contributed by atoms with E-state index in [0.29, 0.717) is 5.69 Å². The molecule has 34 heavy (non-hydrogen) atoms. The predicted molar refractivity (Wildman–Crippen MR) is 127 cm³/mol. The number of nitrogen functional groups attached to an aromatic ring is 1. The van der Waals surface area contributed by atoms with Crippen LogP contribution in [0.1, 0.15) is 37.2 Å². The molecule has 0 saturated carbocycles. The Morgan fingerprint density at radius 1 is 1.06 bits per heavy atom. The molecule has 0 bridgehead atoms. The quantitative estimate of drug-likeness (QED) is 0.360. The Morgan fingerprint density at radius 3 is 2.18 bits per heavy atom. The number of imidazole rings is 2. The van der Waals surface area contributed by atoms with Crippen LogP contribution in [0.15, 0.2) is 86.0 Å². The Hall–Kier alpha value is -4.44. The number of aromatic nitrogens is 4. The van der Waals surface area contributed by atoms with Gasteiger partial charge in [0.2, 0.25) is 0 Å². The average molecular weight is 463 g/mol. The van der Waals surface area contributed by atoms with Crippen LogP contribution < -0.4 is 11.1 Å². The van der Waals surface area contributed by atoms with E-state index in [9.17, 15) is 9.59 Å². The van der Waals surface area contributed by atoms with E-state index in [4.69, 9.17) is 15.6 Å². The zero-order valence-electron chi connectivity index (χ0n) is 18.8. The smallest absolute Gasteiger partial charge is 0.412 e. The minimum atomic E-state index is -0.471. The van der Waals surface area contributed by atoms with E-state index in [0.717, 1.165) is 16.8 Å². The second-order valence-electron chi connectivity index (χ2n) is 7.29. The van der Waals surface area contributed by atoms with Gasteiger partial charge in [-0.25, -0.2) is 19.6 Å². The minimum absolute atomic E-state index is 0.144. The van der Waals surface area contributed by atoms with Crippen molar-refractivity contribution in [1.82, 2.24) is 19.1 Å². The monoisotopic (exact) mass is 462 g/mol. The lowest BCUT2D eigenvalue weighted by atomic mass is 10.1. The molecule has 3 heterocycles. The summed E-state index contributed by atoms with van der Waals surface area (Å²) in [7, 11) is 0. The number of carbonyl (C=O) groups excluding carboxylic acids is 2. The summed E-state index contributed by atoms with van der Waals surface area (Å²) >= 11 is 0. The molecule has 4 N–H and O–H groups in total. The molecule has 2 atom stereocenters. The van der Waals surface area contributed by atoms with Crippen LogP contribution in [-0.2, 0) is 4.74 Å². The summed E-state index contributed by atoms with van der Waals surface area (Å²) in [5.74, 6) is 0. The van der Waals surface area contributed by atoms with Crippen molar-refractivity contribution in [3.05, 3.63) is 97.1 Å². The SMILES string of the molecule is CC(O)c1ccccc1N.CC1OC(=O)Nc2ccccc21.O=C(n1ccnc1)n1ccnc1. The highest BCUT2D eigenvalue weighted by Crippen LogP contribution is 2.29. The summed E-state index contributed by atoms with van der Waals surface area (Å²) in [5, 5.41) is 11.8. The molecule has 0 fully saturated rings. The van der Waals surface area contributed by atoms with Gasteiger partial charge < -0.3 is 15.6 Å². The van der Waals surface area contributed by atoms with Crippen molar-refractivity contribution in [3.63, 3.8) is 0 Å². The number of carbonyl (C=O) groups is 2. The van der Waals surface area contributed by atoms with Crippen LogP contribution in [0.25, 0.3) is 0 Å². The van der Waals surface area contributed by atoms with Crippen LogP contribution in [0.3, 0.4) is 0 Å². The van der Waals surface area contributed by atoms with Crippen molar-refractivity contribution < 1.29 is 19.4 Å². The summed E-state index contributed by atoms with van der Waals surface area (Å²) in [6.07, 6.45) is 8.18. The van der Waals surface area contributed by atoms with E-state index in [1.54, 1.807) is 37.8 Å². The lowest BCUT2D eigenvalue weighted by molar-refractivity contribution is 0.116. The van der Waals surface area contributed by atoms with E-state index < -0.39 is 6.10 Å². The summed E-state index contributed by atoms with van der Waals surface area (Å²) in [6.45, 7) is 3.56. The third-order valence-electron chi connectivity index (χ3n) is 4.82. The van der Waals surface area contributed by atoms with Gasteiger partial charge in [0.15, 0.2) is 0 Å². The number of nitrogens with one attached hydrogen (secondary N) is 1. The Balaban J connectivity index is 0.000000144. The maximum Gasteiger partial charge on any atom is 0.412 e. The van der Waals surface area contributed by atoms with Crippen molar-refractivity contribution in [2.75, 3.05) is 11.1 Å². The highest BCUT2D eigenvalue weighted by molar-refractivity contribution is 5.88. The number of aliphatic hydroxyl groups is 1.